The SMILES string of the molecule is O=[N+]([O-])c1cc(Cl)ccc1NC1CCSc2ccccc21. The molecule has 3 rings (SSSR count). The molecule has 0 amide bonds. The highest BCUT2D eigenvalue weighted by Crippen LogP contribution is 2.39. The Balaban J connectivity index is 1.93. The fourth-order valence-electron chi connectivity index (χ4n) is 2.46. The number of halogens is 1. The topological polar surface area (TPSA) is 55.2 Å². The number of hydrogen-bond acceptors (Lipinski definition) is 4. The van der Waals surface area contributed by atoms with Gasteiger partial charge < -0.3 is 5.32 Å². The van der Waals surface area contributed by atoms with Gasteiger partial charge in [0.15, 0.2) is 0 Å². The minimum absolute atomic E-state index is 0.0122. The summed E-state index contributed by atoms with van der Waals surface area (Å²) in [4.78, 5) is 12.0. The van der Waals surface area contributed by atoms with Crippen molar-refractivity contribution in [2.24, 2.45) is 0 Å². The maximum atomic E-state index is 11.2. The Hall–Kier alpha value is -1.72. The second-order valence-electron chi connectivity index (χ2n) is 4.79. The third-order valence-corrected chi connectivity index (χ3v) is 4.80. The molecule has 0 fully saturated rings. The van der Waals surface area contributed by atoms with Crippen molar-refractivity contribution in [1.29, 1.82) is 0 Å². The Labute approximate surface area is 131 Å². The quantitative estimate of drug-likeness (QED) is 0.645. The first-order valence-electron chi connectivity index (χ1n) is 6.57. The van der Waals surface area contributed by atoms with E-state index in [2.05, 4.69) is 17.4 Å². The smallest absolute Gasteiger partial charge is 0.293 e. The summed E-state index contributed by atoms with van der Waals surface area (Å²) >= 11 is 7.67. The predicted octanol–water partition coefficient (Wildman–Crippen LogP) is 4.90. The van der Waals surface area contributed by atoms with Crippen LogP contribution >= 0.6 is 23.4 Å². The van der Waals surface area contributed by atoms with Gasteiger partial charge in [0.2, 0.25) is 0 Å². The molecule has 21 heavy (non-hydrogen) atoms. The average molecular weight is 321 g/mol. The molecular weight excluding hydrogens is 308 g/mol. The lowest BCUT2D eigenvalue weighted by Crippen LogP contribution is -2.16. The Morgan fingerprint density at radius 3 is 2.90 bits per heavy atom. The molecule has 1 N–H and O–H groups in total. The molecule has 1 atom stereocenters. The summed E-state index contributed by atoms with van der Waals surface area (Å²) in [5.74, 6) is 0.996. The highest BCUT2D eigenvalue weighted by atomic mass is 35.5. The van der Waals surface area contributed by atoms with E-state index in [1.165, 1.54) is 16.5 Å². The van der Waals surface area contributed by atoms with Gasteiger partial charge >= 0.3 is 0 Å². The Bertz CT molecular complexity index is 693. The molecule has 1 aliphatic rings. The molecular formula is C15H13ClN2O2S. The van der Waals surface area contributed by atoms with Gasteiger partial charge in [0.25, 0.3) is 5.69 Å². The molecule has 1 heterocycles. The van der Waals surface area contributed by atoms with Crippen molar-refractivity contribution in [2.75, 3.05) is 11.1 Å². The lowest BCUT2D eigenvalue weighted by atomic mass is 10.0. The van der Waals surface area contributed by atoms with Gasteiger partial charge in [-0.05, 0) is 30.2 Å². The minimum Gasteiger partial charge on any atom is -0.373 e. The van der Waals surface area contributed by atoms with Crippen molar-refractivity contribution < 1.29 is 4.92 Å². The average Bonchev–Trinajstić information content (AvgIpc) is 2.49. The van der Waals surface area contributed by atoms with Crippen molar-refractivity contribution in [2.45, 2.75) is 17.4 Å². The summed E-state index contributed by atoms with van der Waals surface area (Å²) in [6.45, 7) is 0. The lowest BCUT2D eigenvalue weighted by molar-refractivity contribution is -0.384. The molecule has 2 aromatic carbocycles. The van der Waals surface area contributed by atoms with Crippen LogP contribution in [-0.2, 0) is 0 Å². The third-order valence-electron chi connectivity index (χ3n) is 3.44. The van der Waals surface area contributed by atoms with Crippen LogP contribution in [0.25, 0.3) is 0 Å². The van der Waals surface area contributed by atoms with Gasteiger partial charge in [0, 0.05) is 21.7 Å². The van der Waals surface area contributed by atoms with Crippen LogP contribution in [0.15, 0.2) is 47.4 Å². The molecule has 0 bridgehead atoms. The van der Waals surface area contributed by atoms with E-state index in [9.17, 15) is 10.1 Å². The zero-order valence-electron chi connectivity index (χ0n) is 11.1. The number of hydrogen-bond donors (Lipinski definition) is 1. The fourth-order valence-corrected chi connectivity index (χ4v) is 3.75. The fraction of sp³-hybridized carbons (Fsp3) is 0.200. The number of nitro benzene ring substituents is 1. The summed E-state index contributed by atoms with van der Waals surface area (Å²) in [5.41, 5.74) is 1.72. The van der Waals surface area contributed by atoms with E-state index in [0.29, 0.717) is 10.7 Å². The van der Waals surface area contributed by atoms with E-state index >= 15 is 0 Å². The lowest BCUT2D eigenvalue weighted by Gasteiger charge is -2.26. The predicted molar refractivity (Wildman–Crippen MR) is 86.3 cm³/mol. The van der Waals surface area contributed by atoms with Crippen LogP contribution in [0, 0.1) is 10.1 Å². The summed E-state index contributed by atoms with van der Waals surface area (Å²) in [7, 11) is 0. The molecule has 4 nitrogen and oxygen atoms in total. The number of nitrogens with one attached hydrogen (secondary N) is 1. The minimum atomic E-state index is -0.405. The number of fused-ring (bicyclic) bond motifs is 1. The van der Waals surface area contributed by atoms with Crippen molar-refractivity contribution in [3.63, 3.8) is 0 Å². The molecule has 0 aliphatic carbocycles. The molecule has 0 saturated carbocycles. The Morgan fingerprint density at radius 2 is 2.10 bits per heavy atom. The van der Waals surface area contributed by atoms with Gasteiger partial charge in [0.1, 0.15) is 5.69 Å². The molecule has 0 saturated heterocycles. The summed E-state index contributed by atoms with van der Waals surface area (Å²) < 4.78 is 0. The molecule has 0 radical (unpaired) electrons. The van der Waals surface area contributed by atoms with E-state index in [1.54, 1.807) is 12.1 Å². The second kappa shape index (κ2) is 5.95. The standard InChI is InChI=1S/C15H13ClN2O2S/c16-10-5-6-13(14(9-10)18(19)20)17-12-7-8-21-15-4-2-1-3-11(12)15/h1-6,9,12,17H,7-8H2. The van der Waals surface area contributed by atoms with Gasteiger partial charge in [-0.3, -0.25) is 10.1 Å². The number of nitro groups is 1. The van der Waals surface area contributed by atoms with Crippen LogP contribution < -0.4 is 5.32 Å². The van der Waals surface area contributed by atoms with E-state index in [4.69, 9.17) is 11.6 Å². The maximum Gasteiger partial charge on any atom is 0.293 e. The zero-order valence-corrected chi connectivity index (χ0v) is 12.7. The van der Waals surface area contributed by atoms with E-state index in [1.807, 2.05) is 23.9 Å². The van der Waals surface area contributed by atoms with Crippen LogP contribution in [0.4, 0.5) is 11.4 Å². The zero-order chi connectivity index (χ0) is 14.8. The molecule has 1 unspecified atom stereocenters. The van der Waals surface area contributed by atoms with Gasteiger partial charge in [-0.25, -0.2) is 0 Å². The molecule has 108 valence electrons. The largest absolute Gasteiger partial charge is 0.373 e. The Kier molecular flexibility index (Phi) is 4.03. The first-order valence-corrected chi connectivity index (χ1v) is 7.94. The number of thioether (sulfide) groups is 1. The monoisotopic (exact) mass is 320 g/mol. The summed E-state index contributed by atoms with van der Waals surface area (Å²) in [6, 6.07) is 13.0. The van der Waals surface area contributed by atoms with E-state index in [0.717, 1.165) is 12.2 Å². The highest BCUT2D eigenvalue weighted by molar-refractivity contribution is 7.99. The highest BCUT2D eigenvalue weighted by Gasteiger charge is 2.23. The van der Waals surface area contributed by atoms with Crippen LogP contribution in [0.3, 0.4) is 0 Å². The number of nitrogens with zero attached hydrogens (tertiary/aromatic N) is 1. The maximum absolute atomic E-state index is 11.2. The molecule has 1 aliphatic heterocycles. The number of benzene rings is 2. The van der Waals surface area contributed by atoms with Crippen molar-refractivity contribution in [1.82, 2.24) is 0 Å². The molecule has 0 aromatic heterocycles. The van der Waals surface area contributed by atoms with Crippen molar-refractivity contribution >= 4 is 34.7 Å². The van der Waals surface area contributed by atoms with Gasteiger partial charge in [-0.1, -0.05) is 29.8 Å². The van der Waals surface area contributed by atoms with E-state index in [-0.39, 0.29) is 11.7 Å². The molecule has 2 aromatic rings. The molecule has 6 heteroatoms. The van der Waals surface area contributed by atoms with Crippen molar-refractivity contribution in [3.8, 4) is 0 Å². The van der Waals surface area contributed by atoms with Gasteiger partial charge in [-0.2, -0.15) is 0 Å². The van der Waals surface area contributed by atoms with Crippen LogP contribution in [0.1, 0.15) is 18.0 Å². The summed E-state index contributed by atoms with van der Waals surface area (Å²) in [5, 5.41) is 14.8. The second-order valence-corrected chi connectivity index (χ2v) is 6.36. The van der Waals surface area contributed by atoms with Gasteiger partial charge in [0.05, 0.1) is 11.0 Å². The normalized spacial score (nSPS) is 17.1. The van der Waals surface area contributed by atoms with Crippen molar-refractivity contribution in [3.05, 3.63) is 63.2 Å². The first-order chi connectivity index (χ1) is 10.1. The van der Waals surface area contributed by atoms with E-state index < -0.39 is 4.92 Å². The first kappa shape index (κ1) is 14.2. The summed E-state index contributed by atoms with van der Waals surface area (Å²) in [6.07, 6.45) is 0.932. The third kappa shape index (κ3) is 2.99. The van der Waals surface area contributed by atoms with Crippen LogP contribution in [0.5, 0.6) is 0 Å². The number of rotatable bonds is 3. The number of anilines is 1. The molecule has 0 spiro atoms. The Morgan fingerprint density at radius 1 is 1.29 bits per heavy atom. The van der Waals surface area contributed by atoms with Gasteiger partial charge in [-0.15, -0.1) is 11.8 Å². The van der Waals surface area contributed by atoms with Crippen LogP contribution in [0.2, 0.25) is 5.02 Å². The van der Waals surface area contributed by atoms with Crippen LogP contribution in [-0.4, -0.2) is 10.7 Å².